The van der Waals surface area contributed by atoms with Crippen LogP contribution >= 0.6 is 0 Å². The van der Waals surface area contributed by atoms with Gasteiger partial charge in [-0.1, -0.05) is 13.8 Å². The van der Waals surface area contributed by atoms with Crippen molar-refractivity contribution in [2.45, 2.75) is 33.3 Å². The number of hydrogen-bond acceptors (Lipinski definition) is 2. The second-order valence-electron chi connectivity index (χ2n) is 4.59. The minimum absolute atomic E-state index is 0.340. The van der Waals surface area contributed by atoms with E-state index in [1.807, 2.05) is 0 Å². The Morgan fingerprint density at radius 1 is 1.58 bits per heavy atom. The van der Waals surface area contributed by atoms with Gasteiger partial charge in [-0.2, -0.15) is 0 Å². The fourth-order valence-corrected chi connectivity index (χ4v) is 1.47. The molecule has 1 N–H and O–H groups in total. The Morgan fingerprint density at radius 2 is 2.17 bits per heavy atom. The second kappa shape index (κ2) is 3.75. The molecule has 1 rings (SSSR count). The van der Waals surface area contributed by atoms with E-state index >= 15 is 0 Å². The van der Waals surface area contributed by atoms with Gasteiger partial charge >= 0.3 is 0 Å². The summed E-state index contributed by atoms with van der Waals surface area (Å²) in [6.07, 6.45) is 1.72. The quantitative estimate of drug-likeness (QED) is 0.679. The molecular formula is C10H21NO. The Morgan fingerprint density at radius 3 is 2.58 bits per heavy atom. The zero-order valence-corrected chi connectivity index (χ0v) is 8.68. The molecule has 1 aliphatic carbocycles. The van der Waals surface area contributed by atoms with Crippen LogP contribution in [0.5, 0.6) is 0 Å². The third kappa shape index (κ3) is 2.76. The van der Waals surface area contributed by atoms with Crippen molar-refractivity contribution in [3.8, 4) is 0 Å². The van der Waals surface area contributed by atoms with Crippen LogP contribution < -0.4 is 5.32 Å². The van der Waals surface area contributed by atoms with Gasteiger partial charge in [-0.3, -0.25) is 0 Å². The normalized spacial score (nSPS) is 28.5. The number of methoxy groups -OCH3 is 1. The van der Waals surface area contributed by atoms with Gasteiger partial charge in [0.2, 0.25) is 0 Å². The van der Waals surface area contributed by atoms with Crippen molar-refractivity contribution in [1.82, 2.24) is 5.32 Å². The molecule has 0 bridgehead atoms. The van der Waals surface area contributed by atoms with Crippen molar-refractivity contribution in [1.29, 1.82) is 0 Å². The first-order valence-electron chi connectivity index (χ1n) is 4.80. The van der Waals surface area contributed by atoms with Crippen LogP contribution in [0.15, 0.2) is 0 Å². The molecule has 1 saturated carbocycles. The third-order valence-electron chi connectivity index (χ3n) is 2.94. The Labute approximate surface area is 75.7 Å². The first kappa shape index (κ1) is 10.0. The lowest BCUT2D eigenvalue weighted by Crippen LogP contribution is -2.28. The fraction of sp³-hybridized carbons (Fsp3) is 1.00. The molecule has 2 atom stereocenters. The van der Waals surface area contributed by atoms with Crippen LogP contribution in [0.1, 0.15) is 27.2 Å². The summed E-state index contributed by atoms with van der Waals surface area (Å²) in [7, 11) is 1.76. The predicted octanol–water partition coefficient (Wildman–Crippen LogP) is 1.66. The van der Waals surface area contributed by atoms with Crippen molar-refractivity contribution in [2.24, 2.45) is 11.3 Å². The average molecular weight is 171 g/mol. The second-order valence-corrected chi connectivity index (χ2v) is 4.59. The highest BCUT2D eigenvalue weighted by molar-refractivity contribution is 4.96. The van der Waals surface area contributed by atoms with Gasteiger partial charge in [0.15, 0.2) is 0 Å². The highest BCUT2D eigenvalue weighted by Gasteiger charge is 2.44. The van der Waals surface area contributed by atoms with Crippen LogP contribution in [0.2, 0.25) is 0 Å². The van der Waals surface area contributed by atoms with Crippen LogP contribution in [-0.2, 0) is 4.74 Å². The minimum Gasteiger partial charge on any atom is -0.380 e. The summed E-state index contributed by atoms with van der Waals surface area (Å²) in [5.74, 6) is 0.890. The molecule has 2 heteroatoms. The molecule has 0 amide bonds. The monoisotopic (exact) mass is 171 g/mol. The molecule has 0 aromatic carbocycles. The van der Waals surface area contributed by atoms with Crippen molar-refractivity contribution >= 4 is 0 Å². The van der Waals surface area contributed by atoms with E-state index in [2.05, 4.69) is 26.1 Å². The molecule has 2 nitrogen and oxygen atoms in total. The van der Waals surface area contributed by atoms with E-state index in [1.165, 1.54) is 6.42 Å². The van der Waals surface area contributed by atoms with E-state index in [0.29, 0.717) is 11.5 Å². The van der Waals surface area contributed by atoms with E-state index in [9.17, 15) is 0 Å². The first-order valence-corrected chi connectivity index (χ1v) is 4.80. The summed E-state index contributed by atoms with van der Waals surface area (Å²) in [6.45, 7) is 8.88. The summed E-state index contributed by atoms with van der Waals surface area (Å²) in [6, 6.07) is 0. The molecule has 0 aromatic heterocycles. The van der Waals surface area contributed by atoms with Crippen LogP contribution in [-0.4, -0.2) is 26.3 Å². The van der Waals surface area contributed by atoms with Gasteiger partial charge in [0.25, 0.3) is 0 Å². The molecule has 0 spiro atoms. The lowest BCUT2D eigenvalue weighted by molar-refractivity contribution is 0.117. The van der Waals surface area contributed by atoms with Crippen LogP contribution in [0.25, 0.3) is 0 Å². The molecule has 0 radical (unpaired) electrons. The zero-order chi connectivity index (χ0) is 9.19. The number of nitrogens with one attached hydrogen (secondary N) is 1. The van der Waals surface area contributed by atoms with E-state index in [1.54, 1.807) is 7.11 Å². The lowest BCUT2D eigenvalue weighted by atomic mass is 10.1. The van der Waals surface area contributed by atoms with Gasteiger partial charge in [-0.05, 0) is 31.2 Å². The van der Waals surface area contributed by atoms with E-state index in [-0.39, 0.29) is 0 Å². The zero-order valence-electron chi connectivity index (χ0n) is 8.68. The van der Waals surface area contributed by atoms with Gasteiger partial charge in [0.1, 0.15) is 0 Å². The van der Waals surface area contributed by atoms with E-state index in [4.69, 9.17) is 4.74 Å². The first-order chi connectivity index (χ1) is 5.56. The maximum Gasteiger partial charge on any atom is 0.0667 e. The maximum absolute atomic E-state index is 5.14. The van der Waals surface area contributed by atoms with Crippen molar-refractivity contribution in [2.75, 3.05) is 20.2 Å². The van der Waals surface area contributed by atoms with Gasteiger partial charge in [-0.15, -0.1) is 0 Å². The molecule has 0 aromatic rings. The molecule has 1 aliphatic rings. The summed E-state index contributed by atoms with van der Waals surface area (Å²) < 4.78 is 5.14. The molecular weight excluding hydrogens is 150 g/mol. The summed E-state index contributed by atoms with van der Waals surface area (Å²) in [4.78, 5) is 0. The fourth-order valence-electron chi connectivity index (χ4n) is 1.47. The standard InChI is InChI=1S/C10H21NO/c1-8(12-4)6-11-7-9-5-10(9,2)3/h8-9,11H,5-7H2,1-4H3. The van der Waals surface area contributed by atoms with Gasteiger partial charge in [0, 0.05) is 13.7 Å². The number of rotatable bonds is 5. The summed E-state index contributed by atoms with van der Waals surface area (Å²) in [5, 5.41) is 3.43. The topological polar surface area (TPSA) is 21.3 Å². The predicted molar refractivity (Wildman–Crippen MR) is 51.2 cm³/mol. The average Bonchev–Trinajstić information content (AvgIpc) is 2.59. The van der Waals surface area contributed by atoms with Crippen molar-refractivity contribution < 1.29 is 4.74 Å². The Kier molecular flexibility index (Phi) is 3.13. The molecule has 1 fully saturated rings. The number of hydrogen-bond donors (Lipinski definition) is 1. The smallest absolute Gasteiger partial charge is 0.0667 e. The molecule has 0 aliphatic heterocycles. The largest absolute Gasteiger partial charge is 0.380 e. The van der Waals surface area contributed by atoms with Crippen LogP contribution in [0, 0.1) is 11.3 Å². The third-order valence-corrected chi connectivity index (χ3v) is 2.94. The summed E-state index contributed by atoms with van der Waals surface area (Å²) >= 11 is 0. The summed E-state index contributed by atoms with van der Waals surface area (Å²) in [5.41, 5.74) is 0.601. The Balaban J connectivity index is 1.98. The Bertz CT molecular complexity index is 145. The van der Waals surface area contributed by atoms with Crippen LogP contribution in [0.3, 0.4) is 0 Å². The van der Waals surface area contributed by atoms with Gasteiger partial charge in [0.05, 0.1) is 6.10 Å². The highest BCUT2D eigenvalue weighted by Crippen LogP contribution is 2.50. The maximum atomic E-state index is 5.14. The SMILES string of the molecule is COC(C)CNCC1CC1(C)C. The molecule has 2 unspecified atom stereocenters. The van der Waals surface area contributed by atoms with Gasteiger partial charge < -0.3 is 10.1 Å². The molecule has 0 saturated heterocycles. The molecule has 0 heterocycles. The Hall–Kier alpha value is -0.0800. The highest BCUT2D eigenvalue weighted by atomic mass is 16.5. The lowest BCUT2D eigenvalue weighted by Gasteiger charge is -2.11. The van der Waals surface area contributed by atoms with Crippen LogP contribution in [0.4, 0.5) is 0 Å². The van der Waals surface area contributed by atoms with E-state index < -0.39 is 0 Å². The van der Waals surface area contributed by atoms with E-state index in [0.717, 1.165) is 19.0 Å². The van der Waals surface area contributed by atoms with Crippen molar-refractivity contribution in [3.63, 3.8) is 0 Å². The van der Waals surface area contributed by atoms with Gasteiger partial charge in [-0.25, -0.2) is 0 Å². The number of ether oxygens (including phenoxy) is 1. The molecule has 72 valence electrons. The van der Waals surface area contributed by atoms with Crippen molar-refractivity contribution in [3.05, 3.63) is 0 Å². The molecule has 12 heavy (non-hydrogen) atoms. The minimum atomic E-state index is 0.340.